The summed E-state index contributed by atoms with van der Waals surface area (Å²) >= 11 is 0. The van der Waals surface area contributed by atoms with Crippen LogP contribution in [0.15, 0.2) is 79.0 Å². The third-order valence-corrected chi connectivity index (χ3v) is 4.49. The van der Waals surface area contributed by atoms with Gasteiger partial charge >= 0.3 is 0 Å². The Labute approximate surface area is 158 Å². The van der Waals surface area contributed by atoms with Crippen LogP contribution in [0.25, 0.3) is 10.9 Å². The van der Waals surface area contributed by atoms with Gasteiger partial charge in [0.1, 0.15) is 23.9 Å². The third kappa shape index (κ3) is 3.96. The van der Waals surface area contributed by atoms with E-state index in [-0.39, 0.29) is 0 Å². The van der Waals surface area contributed by atoms with Gasteiger partial charge in [-0.15, -0.1) is 0 Å². The number of hydrogen-bond donors (Lipinski definition) is 2. The normalized spacial score (nSPS) is 10.9. The van der Waals surface area contributed by atoms with Crippen LogP contribution in [-0.4, -0.2) is 11.5 Å². The molecule has 27 heavy (non-hydrogen) atoms. The van der Waals surface area contributed by atoms with E-state index < -0.39 is 0 Å². The lowest BCUT2D eigenvalue weighted by Gasteiger charge is -2.12. The minimum atomic E-state index is 0.436. The van der Waals surface area contributed by atoms with E-state index >= 15 is 0 Å². The Morgan fingerprint density at radius 1 is 0.815 bits per heavy atom. The average molecular weight is 358 g/mol. The molecular formula is C23H22N2O2. The van der Waals surface area contributed by atoms with Crippen molar-refractivity contribution in [2.75, 3.05) is 6.54 Å². The SMILES string of the molecule is NCCc1c[nH]c2ccc(OCc3ccccc3Oc3ccccc3)cc12. The van der Waals surface area contributed by atoms with Crippen LogP contribution in [0.1, 0.15) is 11.1 Å². The molecule has 1 aromatic heterocycles. The third-order valence-electron chi connectivity index (χ3n) is 4.49. The Kier molecular flexibility index (Phi) is 5.08. The first-order valence-corrected chi connectivity index (χ1v) is 9.07. The fraction of sp³-hybridized carbons (Fsp3) is 0.130. The molecule has 3 aromatic carbocycles. The topological polar surface area (TPSA) is 60.3 Å². The van der Waals surface area contributed by atoms with Gasteiger partial charge in [0.15, 0.2) is 0 Å². The standard InChI is InChI=1S/C23H22N2O2/c24-13-12-17-15-25-22-11-10-20(14-21(17)22)26-16-18-6-4-5-9-23(18)27-19-7-2-1-3-8-19/h1-11,14-15,25H,12-13,16,24H2. The van der Waals surface area contributed by atoms with Crippen molar-refractivity contribution < 1.29 is 9.47 Å². The van der Waals surface area contributed by atoms with Gasteiger partial charge in [-0.05, 0) is 54.9 Å². The van der Waals surface area contributed by atoms with Crippen LogP contribution in [0.3, 0.4) is 0 Å². The summed E-state index contributed by atoms with van der Waals surface area (Å²) in [5.74, 6) is 2.44. The molecular weight excluding hydrogens is 336 g/mol. The van der Waals surface area contributed by atoms with Crippen molar-refractivity contribution >= 4 is 10.9 Å². The Balaban J connectivity index is 1.52. The smallest absolute Gasteiger partial charge is 0.134 e. The molecule has 1 heterocycles. The Hall–Kier alpha value is -3.24. The second-order valence-electron chi connectivity index (χ2n) is 6.37. The van der Waals surface area contributed by atoms with Crippen molar-refractivity contribution in [3.63, 3.8) is 0 Å². The number of nitrogens with one attached hydrogen (secondary N) is 1. The summed E-state index contributed by atoms with van der Waals surface area (Å²) in [4.78, 5) is 3.28. The summed E-state index contributed by atoms with van der Waals surface area (Å²) in [6.07, 6.45) is 2.86. The van der Waals surface area contributed by atoms with Crippen LogP contribution >= 0.6 is 0 Å². The molecule has 136 valence electrons. The quantitative estimate of drug-likeness (QED) is 0.486. The lowest BCUT2D eigenvalue weighted by atomic mass is 10.1. The van der Waals surface area contributed by atoms with Gasteiger partial charge in [-0.2, -0.15) is 0 Å². The summed E-state index contributed by atoms with van der Waals surface area (Å²) in [6, 6.07) is 23.8. The molecule has 0 radical (unpaired) electrons. The zero-order valence-corrected chi connectivity index (χ0v) is 15.0. The highest BCUT2D eigenvalue weighted by Gasteiger charge is 2.08. The van der Waals surface area contributed by atoms with Crippen LogP contribution in [0.2, 0.25) is 0 Å². The molecule has 4 aromatic rings. The van der Waals surface area contributed by atoms with Crippen molar-refractivity contribution in [1.29, 1.82) is 0 Å². The molecule has 3 N–H and O–H groups in total. The van der Waals surface area contributed by atoms with E-state index in [1.165, 1.54) is 5.56 Å². The number of fused-ring (bicyclic) bond motifs is 1. The van der Waals surface area contributed by atoms with Gasteiger partial charge in [-0.1, -0.05) is 36.4 Å². The number of aromatic amines is 1. The number of para-hydroxylation sites is 2. The summed E-state index contributed by atoms with van der Waals surface area (Å²) < 4.78 is 12.1. The second kappa shape index (κ2) is 7.98. The van der Waals surface area contributed by atoms with Crippen LogP contribution < -0.4 is 15.2 Å². The van der Waals surface area contributed by atoms with Crippen LogP contribution in [0.5, 0.6) is 17.2 Å². The number of aromatic nitrogens is 1. The molecule has 0 bridgehead atoms. The molecule has 0 spiro atoms. The highest BCUT2D eigenvalue weighted by Crippen LogP contribution is 2.28. The summed E-state index contributed by atoms with van der Waals surface area (Å²) in [7, 11) is 0. The number of benzene rings is 3. The average Bonchev–Trinajstić information content (AvgIpc) is 3.11. The molecule has 0 saturated carbocycles. The molecule has 0 fully saturated rings. The van der Waals surface area contributed by atoms with Gasteiger partial charge in [0.05, 0.1) is 0 Å². The number of ether oxygens (including phenoxy) is 2. The van der Waals surface area contributed by atoms with Gasteiger partial charge in [0.2, 0.25) is 0 Å². The van der Waals surface area contributed by atoms with Gasteiger partial charge in [-0.25, -0.2) is 0 Å². The molecule has 4 heteroatoms. The zero-order valence-electron chi connectivity index (χ0n) is 15.0. The van der Waals surface area contributed by atoms with E-state index in [2.05, 4.69) is 11.1 Å². The van der Waals surface area contributed by atoms with Gasteiger partial charge in [0.25, 0.3) is 0 Å². The van der Waals surface area contributed by atoms with E-state index in [0.29, 0.717) is 13.2 Å². The van der Waals surface area contributed by atoms with Gasteiger partial charge in [-0.3, -0.25) is 0 Å². The van der Waals surface area contributed by atoms with Crippen LogP contribution in [0.4, 0.5) is 0 Å². The van der Waals surface area contributed by atoms with E-state index in [9.17, 15) is 0 Å². The Bertz CT molecular complexity index is 1020. The highest BCUT2D eigenvalue weighted by atomic mass is 16.5. The van der Waals surface area contributed by atoms with Crippen LogP contribution in [-0.2, 0) is 13.0 Å². The maximum absolute atomic E-state index is 6.06. The van der Waals surface area contributed by atoms with Gasteiger partial charge < -0.3 is 20.2 Å². The lowest BCUT2D eigenvalue weighted by molar-refractivity contribution is 0.300. The summed E-state index contributed by atoms with van der Waals surface area (Å²) in [5, 5.41) is 1.16. The molecule has 0 aliphatic carbocycles. The fourth-order valence-electron chi connectivity index (χ4n) is 3.11. The minimum absolute atomic E-state index is 0.436. The summed E-state index contributed by atoms with van der Waals surface area (Å²) in [5.41, 5.74) is 9.01. The first-order chi connectivity index (χ1) is 13.3. The van der Waals surface area contributed by atoms with Crippen molar-refractivity contribution in [3.8, 4) is 17.2 Å². The van der Waals surface area contributed by atoms with E-state index in [4.69, 9.17) is 15.2 Å². The Morgan fingerprint density at radius 3 is 2.48 bits per heavy atom. The number of rotatable bonds is 7. The fourth-order valence-corrected chi connectivity index (χ4v) is 3.11. The molecule has 0 amide bonds. The number of hydrogen-bond acceptors (Lipinski definition) is 3. The van der Waals surface area contributed by atoms with E-state index in [1.54, 1.807) is 0 Å². The maximum atomic E-state index is 6.06. The number of nitrogens with two attached hydrogens (primary N) is 1. The van der Waals surface area contributed by atoms with Crippen molar-refractivity contribution in [1.82, 2.24) is 4.98 Å². The minimum Gasteiger partial charge on any atom is -0.489 e. The predicted molar refractivity (Wildman–Crippen MR) is 108 cm³/mol. The zero-order chi connectivity index (χ0) is 18.5. The molecule has 0 aliphatic rings. The molecule has 0 atom stereocenters. The lowest BCUT2D eigenvalue weighted by Crippen LogP contribution is -2.02. The largest absolute Gasteiger partial charge is 0.489 e. The first-order valence-electron chi connectivity index (χ1n) is 9.07. The molecule has 0 unspecified atom stereocenters. The predicted octanol–water partition coefficient (Wildman–Crippen LogP) is 5.04. The number of H-pyrrole nitrogens is 1. The molecule has 4 nitrogen and oxygen atoms in total. The molecule has 0 saturated heterocycles. The first kappa shape index (κ1) is 17.2. The van der Waals surface area contributed by atoms with Crippen molar-refractivity contribution in [3.05, 3.63) is 90.1 Å². The highest BCUT2D eigenvalue weighted by molar-refractivity contribution is 5.84. The van der Waals surface area contributed by atoms with Crippen molar-refractivity contribution in [2.45, 2.75) is 13.0 Å². The van der Waals surface area contributed by atoms with Crippen molar-refractivity contribution in [2.24, 2.45) is 5.73 Å². The maximum Gasteiger partial charge on any atom is 0.134 e. The van der Waals surface area contributed by atoms with E-state index in [1.807, 2.05) is 72.9 Å². The molecule has 0 aliphatic heterocycles. The van der Waals surface area contributed by atoms with Gasteiger partial charge in [0, 0.05) is 22.7 Å². The van der Waals surface area contributed by atoms with Crippen LogP contribution in [0, 0.1) is 0 Å². The second-order valence-corrected chi connectivity index (χ2v) is 6.37. The van der Waals surface area contributed by atoms with E-state index in [0.717, 1.165) is 40.1 Å². The Morgan fingerprint density at radius 2 is 1.63 bits per heavy atom. The molecule has 4 rings (SSSR count). The monoisotopic (exact) mass is 358 g/mol. The summed E-state index contributed by atoms with van der Waals surface area (Å²) in [6.45, 7) is 1.06.